The maximum Gasteiger partial charge on any atom is 0.357 e. The largest absolute Gasteiger partial charge is 0.508 e. The fraction of sp³-hybridized carbons (Fsp3) is 0.361. The van der Waals surface area contributed by atoms with Gasteiger partial charge in [-0.2, -0.15) is 5.10 Å². The van der Waals surface area contributed by atoms with Gasteiger partial charge in [0.15, 0.2) is 10.8 Å². The summed E-state index contributed by atoms with van der Waals surface area (Å²) in [5.41, 5.74) is 5.54. The van der Waals surface area contributed by atoms with E-state index in [1.54, 1.807) is 19.1 Å². The maximum atomic E-state index is 13.6. The van der Waals surface area contributed by atoms with Crippen LogP contribution in [0.2, 0.25) is 0 Å². The van der Waals surface area contributed by atoms with Gasteiger partial charge in [-0.3, -0.25) is 14.8 Å². The van der Waals surface area contributed by atoms with Crippen molar-refractivity contribution in [2.75, 3.05) is 23.4 Å². The van der Waals surface area contributed by atoms with Crippen LogP contribution < -0.4 is 10.2 Å². The smallest absolute Gasteiger partial charge is 0.357 e. The lowest BCUT2D eigenvalue weighted by Crippen LogP contribution is -2.33. The van der Waals surface area contributed by atoms with E-state index in [9.17, 15) is 14.7 Å². The van der Waals surface area contributed by atoms with E-state index in [2.05, 4.69) is 15.0 Å². The third-order valence-corrected chi connectivity index (χ3v) is 10.3. The molecule has 1 aliphatic heterocycles. The van der Waals surface area contributed by atoms with E-state index in [-0.39, 0.29) is 24.0 Å². The number of fused-ring (bicyclic) bond motifs is 2. The molecule has 242 valence electrons. The molecule has 1 amide bonds. The first-order valence-electron chi connectivity index (χ1n) is 16.4. The van der Waals surface area contributed by atoms with E-state index in [0.717, 1.165) is 39.1 Å². The average molecular weight is 651 g/mol. The highest BCUT2D eigenvalue weighted by Gasteiger charge is 2.28. The van der Waals surface area contributed by atoms with Crippen LogP contribution in [-0.4, -0.2) is 49.9 Å². The van der Waals surface area contributed by atoms with Crippen molar-refractivity contribution in [3.05, 3.63) is 82.8 Å². The number of phenols is 1. The second kappa shape index (κ2) is 13.2. The fourth-order valence-electron chi connectivity index (χ4n) is 6.86. The van der Waals surface area contributed by atoms with Crippen LogP contribution in [0.3, 0.4) is 0 Å². The molecule has 2 N–H and O–H groups in total. The molecule has 3 aromatic heterocycles. The third-order valence-electron chi connectivity index (χ3n) is 9.37. The first kappa shape index (κ1) is 30.9. The van der Waals surface area contributed by atoms with Gasteiger partial charge < -0.3 is 14.7 Å². The number of aromatic hydroxyl groups is 1. The summed E-state index contributed by atoms with van der Waals surface area (Å²) in [6, 6.07) is 14.8. The topological polar surface area (TPSA) is 122 Å². The number of hydrogen-bond donors (Lipinski definition) is 2. The number of thiazole rings is 1. The van der Waals surface area contributed by atoms with E-state index >= 15 is 0 Å². The number of anilines is 2. The van der Waals surface area contributed by atoms with Gasteiger partial charge in [0, 0.05) is 47.6 Å². The number of ether oxygens (including phenoxy) is 1. The Labute approximate surface area is 277 Å². The molecular formula is C36H38N6O4S. The standard InChI is InChI=1S/C36H38N6O4S/c1-3-46-35(45)33-25(27-19-37-42(22(27)2)20-23-9-5-4-6-10-23)14-16-32(39-33)41-18-17-24-28(21-41)26(13-15-30(24)43)34(44)40-36-38-29-11-7-8-12-31(29)47-36/h7-8,11-16,19,23,43H,3-6,9-10,17-18,20-21H2,1-2H3,(H,38,40,44). The number of carbonyl (C=O) groups is 2. The summed E-state index contributed by atoms with van der Waals surface area (Å²) >= 11 is 1.41. The number of para-hydroxylation sites is 1. The van der Waals surface area contributed by atoms with E-state index in [1.165, 1.54) is 43.4 Å². The van der Waals surface area contributed by atoms with Gasteiger partial charge in [0.1, 0.15) is 11.6 Å². The number of aromatic nitrogens is 4. The molecule has 7 rings (SSSR count). The Bertz CT molecular complexity index is 1930. The highest BCUT2D eigenvalue weighted by atomic mass is 32.1. The predicted molar refractivity (Wildman–Crippen MR) is 183 cm³/mol. The Kier molecular flexibility index (Phi) is 8.64. The number of pyridine rings is 1. The van der Waals surface area contributed by atoms with Crippen LogP contribution in [-0.2, 0) is 24.2 Å². The number of hydrogen-bond acceptors (Lipinski definition) is 9. The van der Waals surface area contributed by atoms with Gasteiger partial charge in [-0.15, -0.1) is 0 Å². The molecular weight excluding hydrogens is 613 g/mol. The zero-order valence-electron chi connectivity index (χ0n) is 26.7. The van der Waals surface area contributed by atoms with Crippen LogP contribution in [0.15, 0.2) is 54.7 Å². The maximum absolute atomic E-state index is 13.6. The Morgan fingerprint density at radius 2 is 1.85 bits per heavy atom. The lowest BCUT2D eigenvalue weighted by atomic mass is 9.89. The molecule has 1 fully saturated rings. The molecule has 47 heavy (non-hydrogen) atoms. The Hall–Kier alpha value is -4.77. The van der Waals surface area contributed by atoms with Crippen LogP contribution in [0.1, 0.15) is 76.7 Å². The molecule has 1 saturated carbocycles. The molecule has 0 radical (unpaired) electrons. The van der Waals surface area contributed by atoms with Crippen LogP contribution >= 0.6 is 11.3 Å². The van der Waals surface area contributed by atoms with Gasteiger partial charge in [-0.05, 0) is 81.0 Å². The Balaban J connectivity index is 1.17. The minimum atomic E-state index is -0.491. The van der Waals surface area contributed by atoms with Crippen molar-refractivity contribution in [1.29, 1.82) is 0 Å². The van der Waals surface area contributed by atoms with E-state index in [1.807, 2.05) is 54.4 Å². The molecule has 1 aliphatic carbocycles. The van der Waals surface area contributed by atoms with Crippen molar-refractivity contribution in [1.82, 2.24) is 19.7 Å². The fourth-order valence-corrected chi connectivity index (χ4v) is 7.72. The quantitative estimate of drug-likeness (QED) is 0.170. The van der Waals surface area contributed by atoms with Crippen molar-refractivity contribution < 1.29 is 19.4 Å². The number of rotatable bonds is 8. The first-order chi connectivity index (χ1) is 22.9. The molecule has 2 aromatic carbocycles. The number of amides is 1. The number of esters is 1. The molecule has 4 heterocycles. The highest BCUT2D eigenvalue weighted by molar-refractivity contribution is 7.22. The van der Waals surface area contributed by atoms with Crippen molar-refractivity contribution >= 4 is 44.4 Å². The zero-order chi connectivity index (χ0) is 32.5. The average Bonchev–Trinajstić information content (AvgIpc) is 3.67. The molecule has 0 unspecified atom stereocenters. The molecule has 11 heteroatoms. The van der Waals surface area contributed by atoms with Gasteiger partial charge in [-0.25, -0.2) is 14.8 Å². The summed E-state index contributed by atoms with van der Waals surface area (Å²) in [5.74, 6) is 0.589. The molecule has 10 nitrogen and oxygen atoms in total. The second-order valence-electron chi connectivity index (χ2n) is 12.3. The van der Waals surface area contributed by atoms with Gasteiger partial charge in [0.2, 0.25) is 0 Å². The Morgan fingerprint density at radius 3 is 2.66 bits per heavy atom. The lowest BCUT2D eigenvalue weighted by Gasteiger charge is -2.31. The minimum absolute atomic E-state index is 0.160. The molecule has 0 saturated heterocycles. The summed E-state index contributed by atoms with van der Waals surface area (Å²) in [6.07, 6.45) is 8.63. The monoisotopic (exact) mass is 650 g/mol. The SMILES string of the molecule is CCOC(=O)c1nc(N2CCc3c(O)ccc(C(=O)Nc4nc5ccccc5s4)c3C2)ccc1-c1cnn(CC2CCCCC2)c1C. The van der Waals surface area contributed by atoms with E-state index < -0.39 is 5.97 Å². The van der Waals surface area contributed by atoms with Gasteiger partial charge >= 0.3 is 5.97 Å². The summed E-state index contributed by atoms with van der Waals surface area (Å²) in [4.78, 5) is 38.3. The van der Waals surface area contributed by atoms with Crippen molar-refractivity contribution in [3.8, 4) is 16.9 Å². The van der Waals surface area contributed by atoms with Gasteiger partial charge in [0.05, 0.1) is 23.0 Å². The van der Waals surface area contributed by atoms with Crippen molar-refractivity contribution in [2.24, 2.45) is 5.92 Å². The number of phenolic OH excluding ortho intramolecular Hbond substituents is 1. The first-order valence-corrected chi connectivity index (χ1v) is 17.2. The summed E-state index contributed by atoms with van der Waals surface area (Å²) in [5, 5.41) is 18.9. The predicted octanol–water partition coefficient (Wildman–Crippen LogP) is 7.14. The van der Waals surface area contributed by atoms with E-state index in [4.69, 9.17) is 14.8 Å². The number of benzene rings is 2. The molecule has 0 bridgehead atoms. The van der Waals surface area contributed by atoms with Crippen LogP contribution in [0.4, 0.5) is 10.9 Å². The van der Waals surface area contributed by atoms with Crippen LogP contribution in [0, 0.1) is 12.8 Å². The van der Waals surface area contributed by atoms with Crippen LogP contribution in [0.5, 0.6) is 5.75 Å². The zero-order valence-corrected chi connectivity index (χ0v) is 27.5. The lowest BCUT2D eigenvalue weighted by molar-refractivity contribution is 0.0520. The molecule has 5 aromatic rings. The van der Waals surface area contributed by atoms with Gasteiger partial charge in [0.25, 0.3) is 5.91 Å². The highest BCUT2D eigenvalue weighted by Crippen LogP contribution is 2.35. The van der Waals surface area contributed by atoms with E-state index in [0.29, 0.717) is 47.5 Å². The number of carbonyl (C=O) groups excluding carboxylic acids is 2. The van der Waals surface area contributed by atoms with Crippen molar-refractivity contribution in [3.63, 3.8) is 0 Å². The molecule has 0 spiro atoms. The third kappa shape index (κ3) is 6.19. The summed E-state index contributed by atoms with van der Waals surface area (Å²) in [7, 11) is 0. The van der Waals surface area contributed by atoms with Gasteiger partial charge in [-0.1, -0.05) is 42.7 Å². The second-order valence-corrected chi connectivity index (χ2v) is 13.3. The summed E-state index contributed by atoms with van der Waals surface area (Å²) < 4.78 is 8.51. The molecule has 0 atom stereocenters. The molecule has 2 aliphatic rings. The number of nitrogens with one attached hydrogen (secondary N) is 1. The minimum Gasteiger partial charge on any atom is -0.508 e. The number of nitrogens with zero attached hydrogens (tertiary/aromatic N) is 5. The van der Waals surface area contributed by atoms with Crippen molar-refractivity contribution in [2.45, 2.75) is 65.5 Å². The normalized spacial score (nSPS) is 15.1. The van der Waals surface area contributed by atoms with Crippen LogP contribution in [0.25, 0.3) is 21.3 Å². The summed E-state index contributed by atoms with van der Waals surface area (Å²) in [6.45, 7) is 5.82. The Morgan fingerprint density at radius 1 is 1.02 bits per heavy atom.